The van der Waals surface area contributed by atoms with Gasteiger partial charge in [-0.15, -0.1) is 0 Å². The summed E-state index contributed by atoms with van der Waals surface area (Å²) in [5, 5.41) is 0. The third-order valence-corrected chi connectivity index (χ3v) is 2.35. The molecule has 7 heteroatoms. The number of amides is 1. The van der Waals surface area contributed by atoms with Crippen LogP contribution in [-0.2, 0) is 4.79 Å². The molecule has 1 atom stereocenters. The van der Waals surface area contributed by atoms with E-state index in [1.807, 2.05) is 0 Å². The van der Waals surface area contributed by atoms with E-state index in [0.29, 0.717) is 24.7 Å². The molecule has 1 fully saturated rings. The van der Waals surface area contributed by atoms with Crippen LogP contribution in [0.5, 0.6) is 5.88 Å². The van der Waals surface area contributed by atoms with E-state index in [4.69, 9.17) is 16.2 Å². The zero-order chi connectivity index (χ0) is 11.7. The van der Waals surface area contributed by atoms with Gasteiger partial charge in [-0.05, 0) is 0 Å². The fourth-order valence-electron chi connectivity index (χ4n) is 1.63. The molecule has 0 saturated carbocycles. The number of rotatable bonds is 2. The third-order valence-electron chi connectivity index (χ3n) is 2.35. The van der Waals surface area contributed by atoms with E-state index in [1.165, 1.54) is 12.0 Å². The monoisotopic (exact) mass is 223 g/mol. The largest absolute Gasteiger partial charge is 0.481 e. The Labute approximate surface area is 92.4 Å². The van der Waals surface area contributed by atoms with Crippen molar-refractivity contribution >= 4 is 17.7 Å². The Morgan fingerprint density at radius 1 is 1.56 bits per heavy atom. The molecule has 1 aromatic heterocycles. The summed E-state index contributed by atoms with van der Waals surface area (Å²) in [4.78, 5) is 20.9. The zero-order valence-electron chi connectivity index (χ0n) is 8.88. The molecule has 7 nitrogen and oxygen atoms in total. The minimum atomic E-state index is -0.158. The van der Waals surface area contributed by atoms with Crippen LogP contribution in [0.3, 0.4) is 0 Å². The van der Waals surface area contributed by atoms with Crippen LogP contribution in [-0.4, -0.2) is 35.6 Å². The second-order valence-corrected chi connectivity index (χ2v) is 3.60. The molecule has 1 amide bonds. The van der Waals surface area contributed by atoms with Crippen LogP contribution >= 0.6 is 0 Å². The van der Waals surface area contributed by atoms with E-state index >= 15 is 0 Å². The maximum atomic E-state index is 11.6. The fraction of sp³-hybridized carbons (Fsp3) is 0.444. The van der Waals surface area contributed by atoms with Crippen molar-refractivity contribution in [2.75, 3.05) is 24.3 Å². The van der Waals surface area contributed by atoms with Crippen LogP contribution < -0.4 is 21.1 Å². The van der Waals surface area contributed by atoms with Crippen molar-refractivity contribution in [1.82, 2.24) is 9.97 Å². The molecule has 0 aromatic carbocycles. The SMILES string of the molecule is COc1cc(N2CC(N)CC2=O)nc(N)n1. The highest BCUT2D eigenvalue weighted by atomic mass is 16.5. The molecule has 0 aliphatic carbocycles. The molecule has 1 aromatic rings. The Morgan fingerprint density at radius 3 is 2.88 bits per heavy atom. The molecule has 4 N–H and O–H groups in total. The summed E-state index contributed by atoms with van der Waals surface area (Å²) in [6, 6.07) is 1.40. The molecular formula is C9H13N5O2. The number of methoxy groups -OCH3 is 1. The molecule has 2 rings (SSSR count). The first-order valence-electron chi connectivity index (χ1n) is 4.84. The molecule has 0 spiro atoms. The molecular weight excluding hydrogens is 210 g/mol. The molecule has 16 heavy (non-hydrogen) atoms. The molecule has 1 saturated heterocycles. The molecule has 2 heterocycles. The van der Waals surface area contributed by atoms with Gasteiger partial charge in [-0.2, -0.15) is 9.97 Å². The van der Waals surface area contributed by atoms with E-state index in [9.17, 15) is 4.79 Å². The Kier molecular flexibility index (Phi) is 2.61. The minimum Gasteiger partial charge on any atom is -0.481 e. The molecule has 86 valence electrons. The second kappa shape index (κ2) is 3.93. The fourth-order valence-corrected chi connectivity index (χ4v) is 1.63. The summed E-state index contributed by atoms with van der Waals surface area (Å²) >= 11 is 0. The van der Waals surface area contributed by atoms with Gasteiger partial charge in [-0.1, -0.05) is 0 Å². The number of aromatic nitrogens is 2. The van der Waals surface area contributed by atoms with E-state index in [1.54, 1.807) is 6.07 Å². The van der Waals surface area contributed by atoms with E-state index in [0.717, 1.165) is 0 Å². The Bertz CT molecular complexity index is 422. The average Bonchev–Trinajstić information content (AvgIpc) is 2.57. The van der Waals surface area contributed by atoms with Crippen molar-refractivity contribution in [1.29, 1.82) is 0 Å². The van der Waals surface area contributed by atoms with Gasteiger partial charge in [0.25, 0.3) is 0 Å². The Balaban J connectivity index is 2.33. The first kappa shape index (κ1) is 10.6. The van der Waals surface area contributed by atoms with Gasteiger partial charge in [0, 0.05) is 25.1 Å². The lowest BCUT2D eigenvalue weighted by Crippen LogP contribution is -2.29. The lowest BCUT2D eigenvalue weighted by Gasteiger charge is -2.15. The van der Waals surface area contributed by atoms with Crippen LogP contribution in [0.2, 0.25) is 0 Å². The van der Waals surface area contributed by atoms with Crippen LogP contribution in [0, 0.1) is 0 Å². The highest BCUT2D eigenvalue weighted by Gasteiger charge is 2.29. The third kappa shape index (κ3) is 1.89. The Hall–Kier alpha value is -1.89. The van der Waals surface area contributed by atoms with Crippen molar-refractivity contribution in [3.05, 3.63) is 6.07 Å². The number of nitrogens with zero attached hydrogens (tertiary/aromatic N) is 3. The second-order valence-electron chi connectivity index (χ2n) is 3.60. The van der Waals surface area contributed by atoms with Crippen molar-refractivity contribution < 1.29 is 9.53 Å². The lowest BCUT2D eigenvalue weighted by atomic mass is 10.3. The number of carbonyl (C=O) groups is 1. The van der Waals surface area contributed by atoms with E-state index in [-0.39, 0.29) is 17.9 Å². The van der Waals surface area contributed by atoms with Gasteiger partial charge in [-0.25, -0.2) is 0 Å². The van der Waals surface area contributed by atoms with Gasteiger partial charge >= 0.3 is 0 Å². The smallest absolute Gasteiger partial charge is 0.229 e. The number of nitrogens with two attached hydrogens (primary N) is 2. The molecule has 1 aliphatic rings. The molecule has 1 unspecified atom stereocenters. The molecule has 0 radical (unpaired) electrons. The van der Waals surface area contributed by atoms with E-state index < -0.39 is 0 Å². The van der Waals surface area contributed by atoms with Crippen LogP contribution in [0.15, 0.2) is 6.07 Å². The van der Waals surface area contributed by atoms with Gasteiger partial charge in [0.15, 0.2) is 0 Å². The van der Waals surface area contributed by atoms with Crippen molar-refractivity contribution in [3.8, 4) is 5.88 Å². The first-order chi connectivity index (χ1) is 7.60. The van der Waals surface area contributed by atoms with Gasteiger partial charge in [-0.3, -0.25) is 9.69 Å². The molecule has 1 aliphatic heterocycles. The number of ether oxygens (including phenoxy) is 1. The standard InChI is InChI=1S/C9H13N5O2/c1-16-7-3-6(12-9(11)13-7)14-4-5(10)2-8(14)15/h3,5H,2,4,10H2,1H3,(H2,11,12,13). The van der Waals surface area contributed by atoms with Crippen LogP contribution in [0.1, 0.15) is 6.42 Å². The topological polar surface area (TPSA) is 107 Å². The van der Waals surface area contributed by atoms with Gasteiger partial charge in [0.1, 0.15) is 5.82 Å². The highest BCUT2D eigenvalue weighted by molar-refractivity contribution is 5.95. The van der Waals surface area contributed by atoms with Gasteiger partial charge in [0.05, 0.1) is 7.11 Å². The quantitative estimate of drug-likeness (QED) is 0.675. The number of hydrogen-bond acceptors (Lipinski definition) is 6. The van der Waals surface area contributed by atoms with Crippen LogP contribution in [0.25, 0.3) is 0 Å². The van der Waals surface area contributed by atoms with Crippen molar-refractivity contribution in [2.24, 2.45) is 5.73 Å². The zero-order valence-corrected chi connectivity index (χ0v) is 8.88. The number of carbonyl (C=O) groups excluding carboxylic acids is 1. The number of nitrogen functional groups attached to an aromatic ring is 1. The lowest BCUT2D eigenvalue weighted by molar-refractivity contribution is -0.117. The molecule has 0 bridgehead atoms. The number of anilines is 2. The minimum absolute atomic E-state index is 0.0624. The summed E-state index contributed by atoms with van der Waals surface area (Å²) in [5.74, 6) is 0.772. The first-order valence-corrected chi connectivity index (χ1v) is 4.84. The normalized spacial score (nSPS) is 20.2. The Morgan fingerprint density at radius 2 is 2.31 bits per heavy atom. The summed E-state index contributed by atoms with van der Waals surface area (Å²) in [6.07, 6.45) is 0.326. The summed E-state index contributed by atoms with van der Waals surface area (Å²) in [6.45, 7) is 0.443. The predicted molar refractivity (Wildman–Crippen MR) is 57.9 cm³/mol. The predicted octanol–water partition coefficient (Wildman–Crippen LogP) is -0.869. The summed E-state index contributed by atoms with van der Waals surface area (Å²) in [5.41, 5.74) is 11.2. The van der Waals surface area contributed by atoms with Crippen molar-refractivity contribution in [2.45, 2.75) is 12.5 Å². The summed E-state index contributed by atoms with van der Waals surface area (Å²) in [7, 11) is 1.48. The van der Waals surface area contributed by atoms with Crippen LogP contribution in [0.4, 0.5) is 11.8 Å². The maximum Gasteiger partial charge on any atom is 0.229 e. The highest BCUT2D eigenvalue weighted by Crippen LogP contribution is 2.22. The maximum absolute atomic E-state index is 11.6. The van der Waals surface area contributed by atoms with Crippen molar-refractivity contribution in [3.63, 3.8) is 0 Å². The number of hydrogen-bond donors (Lipinski definition) is 2. The summed E-state index contributed by atoms with van der Waals surface area (Å²) < 4.78 is 4.96. The average molecular weight is 223 g/mol. The van der Waals surface area contributed by atoms with Gasteiger partial charge in [0.2, 0.25) is 17.7 Å². The van der Waals surface area contributed by atoms with Gasteiger partial charge < -0.3 is 16.2 Å². The van der Waals surface area contributed by atoms with E-state index in [2.05, 4.69) is 9.97 Å².